The molecule has 27 heavy (non-hydrogen) atoms. The normalized spacial score (nSPS) is 12.7. The van der Waals surface area contributed by atoms with E-state index in [1.54, 1.807) is 62.5 Å². The second kappa shape index (κ2) is 9.30. The third kappa shape index (κ3) is 6.20. The van der Waals surface area contributed by atoms with Crippen LogP contribution >= 0.6 is 11.6 Å². The number of rotatable bonds is 7. The number of likely N-dealkylation sites (N-methyl/N-ethyl adjacent to an activating group) is 1. The lowest BCUT2D eigenvalue weighted by molar-refractivity contribution is -0.885. The van der Waals surface area contributed by atoms with Gasteiger partial charge in [0.25, 0.3) is 11.8 Å². The number of amides is 2. The third-order valence-corrected chi connectivity index (χ3v) is 4.49. The summed E-state index contributed by atoms with van der Waals surface area (Å²) in [4.78, 5) is 36.8. The van der Waals surface area contributed by atoms with Gasteiger partial charge in [-0.25, -0.2) is 0 Å². The van der Waals surface area contributed by atoms with Crippen molar-refractivity contribution in [2.24, 2.45) is 0 Å². The Balaban J connectivity index is 1.91. The molecule has 0 saturated heterocycles. The van der Waals surface area contributed by atoms with Gasteiger partial charge in [0.1, 0.15) is 0 Å². The molecule has 0 aliphatic carbocycles. The molecule has 0 heterocycles. The number of benzene rings is 2. The Bertz CT molecular complexity index is 837. The Kier molecular flexibility index (Phi) is 7.10. The molecule has 0 radical (unpaired) electrons. The topological polar surface area (TPSA) is 79.7 Å². The zero-order valence-corrected chi connectivity index (χ0v) is 16.3. The maximum absolute atomic E-state index is 12.4. The van der Waals surface area contributed by atoms with Crippen LogP contribution in [-0.2, 0) is 9.59 Å². The third-order valence-electron chi connectivity index (χ3n) is 4.24. The maximum Gasteiger partial charge on any atom is 0.282 e. The fourth-order valence-corrected chi connectivity index (χ4v) is 2.56. The molecule has 2 aromatic carbocycles. The number of carbonyl (C=O) groups is 3. The molecule has 3 N–H and O–H groups in total. The zero-order chi connectivity index (χ0) is 20.0. The Morgan fingerprint density at radius 1 is 1.04 bits per heavy atom. The summed E-state index contributed by atoms with van der Waals surface area (Å²) in [6.07, 6.45) is 0. The van der Waals surface area contributed by atoms with Gasteiger partial charge in [0.15, 0.2) is 18.4 Å². The molecule has 1 unspecified atom stereocenters. The van der Waals surface area contributed by atoms with Gasteiger partial charge in [-0.2, -0.15) is 0 Å². The van der Waals surface area contributed by atoms with E-state index in [2.05, 4.69) is 10.6 Å². The SMILES string of the molecule is CC(=O)c1cccc(NC(=O)[C@@H](C)[NH+](C)CC(=O)Nc2ccc(Cl)cc2)c1. The lowest BCUT2D eigenvalue weighted by Crippen LogP contribution is -3.14. The van der Waals surface area contributed by atoms with Crippen molar-refractivity contribution in [3.8, 4) is 0 Å². The molecule has 0 aliphatic heterocycles. The molecule has 0 spiro atoms. The Labute approximate surface area is 163 Å². The van der Waals surface area contributed by atoms with Crippen LogP contribution in [-0.4, -0.2) is 37.2 Å². The standard InChI is InChI=1S/C20H22ClN3O3/c1-13(20(27)23-18-6-4-5-15(11-18)14(2)25)24(3)12-19(26)22-17-9-7-16(21)8-10-17/h4-11,13H,12H2,1-3H3,(H,22,26)(H,23,27)/p+1/t13-/m1/s1. The number of quaternary nitrogens is 1. The van der Waals surface area contributed by atoms with Crippen LogP contribution in [0.4, 0.5) is 11.4 Å². The summed E-state index contributed by atoms with van der Waals surface area (Å²) >= 11 is 5.82. The second-order valence-electron chi connectivity index (χ2n) is 6.43. The largest absolute Gasteiger partial charge is 0.321 e. The number of anilines is 2. The van der Waals surface area contributed by atoms with Crippen LogP contribution in [0.15, 0.2) is 48.5 Å². The number of halogens is 1. The van der Waals surface area contributed by atoms with E-state index in [0.29, 0.717) is 22.0 Å². The monoisotopic (exact) mass is 388 g/mol. The van der Waals surface area contributed by atoms with Crippen LogP contribution < -0.4 is 15.5 Å². The number of ketones is 1. The van der Waals surface area contributed by atoms with Crippen molar-refractivity contribution in [2.75, 3.05) is 24.2 Å². The Morgan fingerprint density at radius 3 is 2.33 bits per heavy atom. The van der Waals surface area contributed by atoms with Gasteiger partial charge in [0.2, 0.25) is 0 Å². The van der Waals surface area contributed by atoms with Gasteiger partial charge in [-0.1, -0.05) is 23.7 Å². The Hall–Kier alpha value is -2.70. The van der Waals surface area contributed by atoms with Crippen molar-refractivity contribution < 1.29 is 19.3 Å². The minimum Gasteiger partial charge on any atom is -0.321 e. The van der Waals surface area contributed by atoms with E-state index >= 15 is 0 Å². The molecule has 2 atom stereocenters. The van der Waals surface area contributed by atoms with Gasteiger partial charge in [0.05, 0.1) is 7.05 Å². The van der Waals surface area contributed by atoms with Gasteiger partial charge >= 0.3 is 0 Å². The highest BCUT2D eigenvalue weighted by molar-refractivity contribution is 6.30. The molecular weight excluding hydrogens is 366 g/mol. The fraction of sp³-hybridized carbons (Fsp3) is 0.250. The van der Waals surface area contributed by atoms with Gasteiger partial charge in [-0.05, 0) is 50.2 Å². The van der Waals surface area contributed by atoms with Crippen LogP contribution in [0.5, 0.6) is 0 Å². The lowest BCUT2D eigenvalue weighted by atomic mass is 10.1. The molecule has 0 saturated carbocycles. The van der Waals surface area contributed by atoms with Crippen molar-refractivity contribution >= 4 is 40.6 Å². The number of nitrogens with one attached hydrogen (secondary N) is 3. The minimum atomic E-state index is -0.457. The predicted octanol–water partition coefficient (Wildman–Crippen LogP) is 2.02. The van der Waals surface area contributed by atoms with Gasteiger partial charge in [-0.15, -0.1) is 0 Å². The second-order valence-corrected chi connectivity index (χ2v) is 6.86. The molecule has 6 nitrogen and oxygen atoms in total. The van der Waals surface area contributed by atoms with E-state index in [0.717, 1.165) is 4.90 Å². The Morgan fingerprint density at radius 2 is 1.70 bits per heavy atom. The molecule has 0 bridgehead atoms. The van der Waals surface area contributed by atoms with E-state index in [-0.39, 0.29) is 24.1 Å². The summed E-state index contributed by atoms with van der Waals surface area (Å²) in [6, 6.07) is 13.1. The summed E-state index contributed by atoms with van der Waals surface area (Å²) in [7, 11) is 1.78. The van der Waals surface area contributed by atoms with E-state index in [1.165, 1.54) is 6.92 Å². The average Bonchev–Trinajstić information content (AvgIpc) is 2.63. The van der Waals surface area contributed by atoms with Crippen LogP contribution in [0, 0.1) is 0 Å². The maximum atomic E-state index is 12.4. The lowest BCUT2D eigenvalue weighted by Gasteiger charge is -2.20. The zero-order valence-electron chi connectivity index (χ0n) is 15.5. The van der Waals surface area contributed by atoms with Crippen LogP contribution in [0.3, 0.4) is 0 Å². The van der Waals surface area contributed by atoms with Crippen LogP contribution in [0.25, 0.3) is 0 Å². The van der Waals surface area contributed by atoms with E-state index in [4.69, 9.17) is 11.6 Å². The quantitative estimate of drug-likeness (QED) is 0.635. The molecule has 0 fully saturated rings. The summed E-state index contributed by atoms with van der Waals surface area (Å²) < 4.78 is 0. The van der Waals surface area contributed by atoms with Gasteiger partial charge in [-0.3, -0.25) is 14.4 Å². The van der Waals surface area contributed by atoms with Crippen LogP contribution in [0.2, 0.25) is 5.02 Å². The molecular formula is C20H23ClN3O3+. The van der Waals surface area contributed by atoms with Crippen LogP contribution in [0.1, 0.15) is 24.2 Å². The van der Waals surface area contributed by atoms with Crippen molar-refractivity contribution in [3.05, 3.63) is 59.1 Å². The average molecular weight is 389 g/mol. The van der Waals surface area contributed by atoms with E-state index < -0.39 is 6.04 Å². The first kappa shape index (κ1) is 20.6. The molecule has 2 aromatic rings. The molecule has 2 amide bonds. The van der Waals surface area contributed by atoms with Gasteiger partial charge in [0, 0.05) is 22.0 Å². The number of hydrogen-bond acceptors (Lipinski definition) is 3. The number of hydrogen-bond donors (Lipinski definition) is 3. The van der Waals surface area contributed by atoms with E-state index in [1.807, 2.05) is 0 Å². The highest BCUT2D eigenvalue weighted by atomic mass is 35.5. The van der Waals surface area contributed by atoms with Crippen molar-refractivity contribution in [1.82, 2.24) is 0 Å². The van der Waals surface area contributed by atoms with Gasteiger partial charge < -0.3 is 15.5 Å². The molecule has 2 rings (SSSR count). The first-order chi connectivity index (χ1) is 12.8. The van der Waals surface area contributed by atoms with Crippen molar-refractivity contribution in [2.45, 2.75) is 19.9 Å². The van der Waals surface area contributed by atoms with Crippen molar-refractivity contribution in [1.29, 1.82) is 0 Å². The number of Topliss-reactive ketones (excluding diaryl/α,β-unsaturated/α-hetero) is 1. The highest BCUT2D eigenvalue weighted by Gasteiger charge is 2.24. The first-order valence-corrected chi connectivity index (χ1v) is 8.93. The summed E-state index contributed by atoms with van der Waals surface area (Å²) in [5.74, 6) is -0.499. The highest BCUT2D eigenvalue weighted by Crippen LogP contribution is 2.13. The summed E-state index contributed by atoms with van der Waals surface area (Å²) in [5, 5.41) is 6.16. The molecule has 0 aromatic heterocycles. The van der Waals surface area contributed by atoms with Crippen molar-refractivity contribution in [3.63, 3.8) is 0 Å². The predicted molar refractivity (Wildman–Crippen MR) is 106 cm³/mol. The fourth-order valence-electron chi connectivity index (χ4n) is 2.43. The molecule has 142 valence electrons. The minimum absolute atomic E-state index is 0.0687. The smallest absolute Gasteiger partial charge is 0.282 e. The first-order valence-electron chi connectivity index (χ1n) is 8.56. The summed E-state index contributed by atoms with van der Waals surface area (Å²) in [5.41, 5.74) is 1.73. The van der Waals surface area contributed by atoms with E-state index in [9.17, 15) is 14.4 Å². The molecule has 7 heteroatoms. The summed E-state index contributed by atoms with van der Waals surface area (Å²) in [6.45, 7) is 3.35. The number of carbonyl (C=O) groups excluding carboxylic acids is 3. The molecule has 0 aliphatic rings.